The number of nitrogens with one attached hydrogen (secondary N) is 1. The summed E-state index contributed by atoms with van der Waals surface area (Å²) >= 11 is 1.39. The van der Waals surface area contributed by atoms with Gasteiger partial charge in [-0.3, -0.25) is 9.20 Å². The van der Waals surface area contributed by atoms with Crippen LogP contribution in [0.4, 0.5) is 4.39 Å². The molecule has 1 unspecified atom stereocenters. The van der Waals surface area contributed by atoms with Crippen LogP contribution < -0.4 is 5.32 Å². The molecule has 0 spiro atoms. The minimum Gasteiger partial charge on any atom is -0.348 e. The number of rotatable bonds is 4. The molecule has 4 nitrogen and oxygen atoms in total. The van der Waals surface area contributed by atoms with E-state index in [1.807, 2.05) is 13.8 Å². The maximum atomic E-state index is 13.3. The largest absolute Gasteiger partial charge is 0.348 e. The fourth-order valence-corrected chi connectivity index (χ4v) is 2.99. The summed E-state index contributed by atoms with van der Waals surface area (Å²) < 4.78 is 15.1. The van der Waals surface area contributed by atoms with Gasteiger partial charge in [0, 0.05) is 23.2 Å². The van der Waals surface area contributed by atoms with Gasteiger partial charge in [0.25, 0.3) is 5.91 Å². The van der Waals surface area contributed by atoms with Crippen molar-refractivity contribution < 1.29 is 9.18 Å². The Labute approximate surface area is 131 Å². The zero-order valence-electron chi connectivity index (χ0n) is 12.3. The molecule has 22 heavy (non-hydrogen) atoms. The van der Waals surface area contributed by atoms with Crippen molar-refractivity contribution in [2.45, 2.75) is 26.3 Å². The molecule has 2 aromatic heterocycles. The number of nitrogens with zero attached hydrogens (tertiary/aromatic N) is 2. The van der Waals surface area contributed by atoms with Crippen LogP contribution in [0, 0.1) is 5.82 Å². The van der Waals surface area contributed by atoms with Gasteiger partial charge in [-0.25, -0.2) is 9.37 Å². The number of aromatic nitrogens is 2. The van der Waals surface area contributed by atoms with Gasteiger partial charge < -0.3 is 5.32 Å². The van der Waals surface area contributed by atoms with Gasteiger partial charge in [-0.1, -0.05) is 19.1 Å². The second kappa shape index (κ2) is 5.88. The first-order valence-electron chi connectivity index (χ1n) is 7.12. The summed E-state index contributed by atoms with van der Waals surface area (Å²) in [7, 11) is 0. The number of halogens is 1. The average molecular weight is 317 g/mol. The van der Waals surface area contributed by atoms with Crippen LogP contribution >= 0.6 is 11.3 Å². The van der Waals surface area contributed by atoms with Crippen molar-refractivity contribution in [3.8, 4) is 11.3 Å². The van der Waals surface area contributed by atoms with Crippen LogP contribution in [0.3, 0.4) is 0 Å². The molecular formula is C16H16FN3OS. The highest BCUT2D eigenvalue weighted by molar-refractivity contribution is 7.15. The molecule has 0 bridgehead atoms. The molecule has 0 radical (unpaired) electrons. The van der Waals surface area contributed by atoms with E-state index in [2.05, 4.69) is 10.3 Å². The van der Waals surface area contributed by atoms with Crippen molar-refractivity contribution in [2.75, 3.05) is 0 Å². The Hall–Kier alpha value is -2.21. The molecule has 0 aliphatic heterocycles. The van der Waals surface area contributed by atoms with E-state index >= 15 is 0 Å². The van der Waals surface area contributed by atoms with E-state index in [1.54, 1.807) is 28.1 Å². The molecule has 6 heteroatoms. The normalized spacial score (nSPS) is 12.5. The van der Waals surface area contributed by atoms with E-state index in [0.717, 1.165) is 6.42 Å². The summed E-state index contributed by atoms with van der Waals surface area (Å²) in [5.41, 5.74) is 1.91. The summed E-state index contributed by atoms with van der Waals surface area (Å²) in [6, 6.07) is 6.40. The third-order valence-electron chi connectivity index (χ3n) is 3.55. The number of carbonyl (C=O) groups excluding carboxylic acids is 1. The van der Waals surface area contributed by atoms with Crippen molar-refractivity contribution in [3.63, 3.8) is 0 Å². The fourth-order valence-electron chi connectivity index (χ4n) is 2.13. The Morgan fingerprint density at radius 3 is 3.05 bits per heavy atom. The molecule has 0 saturated carbocycles. The molecular weight excluding hydrogens is 301 g/mol. The first-order chi connectivity index (χ1) is 10.6. The highest BCUT2D eigenvalue weighted by Crippen LogP contribution is 2.24. The quantitative estimate of drug-likeness (QED) is 0.797. The fraction of sp³-hybridized carbons (Fsp3) is 0.250. The summed E-state index contributed by atoms with van der Waals surface area (Å²) in [6.07, 6.45) is 2.64. The molecule has 0 aliphatic carbocycles. The molecule has 3 rings (SSSR count). The second-order valence-corrected chi connectivity index (χ2v) is 6.03. The number of fused-ring (bicyclic) bond motifs is 1. The second-order valence-electron chi connectivity index (χ2n) is 5.19. The number of carbonyl (C=O) groups is 1. The summed E-state index contributed by atoms with van der Waals surface area (Å²) in [5, 5.41) is 4.73. The third-order valence-corrected chi connectivity index (χ3v) is 4.39. The van der Waals surface area contributed by atoms with Crippen molar-refractivity contribution >= 4 is 22.2 Å². The maximum absolute atomic E-state index is 13.3. The van der Waals surface area contributed by atoms with Gasteiger partial charge >= 0.3 is 0 Å². The monoisotopic (exact) mass is 317 g/mol. The van der Waals surface area contributed by atoms with E-state index in [4.69, 9.17) is 0 Å². The first-order valence-corrected chi connectivity index (χ1v) is 8.00. The zero-order chi connectivity index (χ0) is 15.7. The highest BCUT2D eigenvalue weighted by Gasteiger charge is 2.16. The Bertz CT molecular complexity index is 824. The van der Waals surface area contributed by atoms with E-state index in [0.29, 0.717) is 21.9 Å². The molecule has 1 aromatic carbocycles. The maximum Gasteiger partial charge on any atom is 0.269 e. The van der Waals surface area contributed by atoms with Crippen LogP contribution in [-0.4, -0.2) is 21.3 Å². The summed E-state index contributed by atoms with van der Waals surface area (Å²) in [6.45, 7) is 3.99. The Balaban J connectivity index is 1.96. The number of thiazole rings is 1. The van der Waals surface area contributed by atoms with Crippen LogP contribution in [0.25, 0.3) is 16.2 Å². The molecule has 0 fully saturated rings. The zero-order valence-corrected chi connectivity index (χ0v) is 13.2. The smallest absolute Gasteiger partial charge is 0.269 e. The Kier molecular flexibility index (Phi) is 3.94. The van der Waals surface area contributed by atoms with E-state index < -0.39 is 0 Å². The first kappa shape index (κ1) is 14.7. The van der Waals surface area contributed by atoms with Gasteiger partial charge in [-0.05, 0) is 25.5 Å². The molecule has 2 heterocycles. The molecule has 1 atom stereocenters. The molecule has 114 valence electrons. The SMILES string of the molecule is CCC(C)NC(=O)c1csc2nc(-c3cccc(F)c3)cn12. The predicted molar refractivity (Wildman–Crippen MR) is 85.7 cm³/mol. The topological polar surface area (TPSA) is 46.4 Å². The van der Waals surface area contributed by atoms with E-state index in [-0.39, 0.29) is 17.8 Å². The number of hydrogen-bond acceptors (Lipinski definition) is 3. The van der Waals surface area contributed by atoms with Crippen LogP contribution in [0.15, 0.2) is 35.8 Å². The summed E-state index contributed by atoms with van der Waals surface area (Å²) in [4.78, 5) is 17.5. The molecule has 1 amide bonds. The van der Waals surface area contributed by atoms with Gasteiger partial charge in [-0.2, -0.15) is 0 Å². The lowest BCUT2D eigenvalue weighted by atomic mass is 10.2. The molecule has 0 saturated heterocycles. The van der Waals surface area contributed by atoms with Gasteiger partial charge in [-0.15, -0.1) is 11.3 Å². The standard InChI is InChI=1S/C16H16FN3OS/c1-3-10(2)18-15(21)14-9-22-16-19-13(8-20(14)16)11-5-4-6-12(17)7-11/h4-10H,3H2,1-2H3,(H,18,21). The average Bonchev–Trinajstić information content (AvgIpc) is 3.06. The highest BCUT2D eigenvalue weighted by atomic mass is 32.1. The molecule has 1 N–H and O–H groups in total. The van der Waals surface area contributed by atoms with E-state index in [9.17, 15) is 9.18 Å². The van der Waals surface area contributed by atoms with Gasteiger partial charge in [0.15, 0.2) is 4.96 Å². The van der Waals surface area contributed by atoms with Crippen molar-refractivity contribution in [2.24, 2.45) is 0 Å². The van der Waals surface area contributed by atoms with Gasteiger partial charge in [0.2, 0.25) is 0 Å². The van der Waals surface area contributed by atoms with Crippen LogP contribution in [0.5, 0.6) is 0 Å². The van der Waals surface area contributed by atoms with Crippen LogP contribution in [0.2, 0.25) is 0 Å². The lowest BCUT2D eigenvalue weighted by molar-refractivity contribution is 0.0933. The minimum absolute atomic E-state index is 0.119. The van der Waals surface area contributed by atoms with Crippen LogP contribution in [-0.2, 0) is 0 Å². The lowest BCUT2D eigenvalue weighted by Crippen LogP contribution is -2.32. The number of amides is 1. The Morgan fingerprint density at radius 2 is 2.32 bits per heavy atom. The van der Waals surface area contributed by atoms with Crippen molar-refractivity contribution in [3.05, 3.63) is 47.4 Å². The van der Waals surface area contributed by atoms with Crippen LogP contribution in [0.1, 0.15) is 30.8 Å². The van der Waals surface area contributed by atoms with Crippen molar-refractivity contribution in [1.82, 2.24) is 14.7 Å². The lowest BCUT2D eigenvalue weighted by Gasteiger charge is -2.10. The third kappa shape index (κ3) is 2.74. The van der Waals surface area contributed by atoms with Crippen molar-refractivity contribution in [1.29, 1.82) is 0 Å². The number of hydrogen-bond donors (Lipinski definition) is 1. The van der Waals surface area contributed by atoms with Gasteiger partial charge in [0.05, 0.1) is 5.69 Å². The van der Waals surface area contributed by atoms with E-state index in [1.165, 1.54) is 23.5 Å². The number of benzene rings is 1. The number of imidazole rings is 1. The predicted octanol–water partition coefficient (Wildman–Crippen LogP) is 3.73. The molecule has 0 aliphatic rings. The summed E-state index contributed by atoms with van der Waals surface area (Å²) in [5.74, 6) is -0.424. The Morgan fingerprint density at radius 1 is 1.50 bits per heavy atom. The minimum atomic E-state index is -0.302. The molecule has 3 aromatic rings. The van der Waals surface area contributed by atoms with Gasteiger partial charge in [0.1, 0.15) is 11.5 Å².